The Bertz CT molecular complexity index is 329. The summed E-state index contributed by atoms with van der Waals surface area (Å²) in [6.45, 7) is 5.08. The zero-order valence-electron chi connectivity index (χ0n) is 9.91. The van der Waals surface area contributed by atoms with Gasteiger partial charge in [0.1, 0.15) is 11.6 Å². The smallest absolute Gasteiger partial charge is 0.165 e. The van der Waals surface area contributed by atoms with E-state index in [2.05, 4.69) is 4.98 Å². The molecule has 90 valence electrons. The lowest BCUT2D eigenvalue weighted by Gasteiger charge is -2.01. The fraction of sp³-hybridized carbons (Fsp3) is 0.636. The lowest BCUT2D eigenvalue weighted by atomic mass is 10.3. The molecule has 4 nitrogen and oxygen atoms in total. The molecule has 0 saturated carbocycles. The van der Waals surface area contributed by atoms with Crippen LogP contribution in [0, 0.1) is 13.8 Å². The third-order valence-corrected chi connectivity index (χ3v) is 3.19. The summed E-state index contributed by atoms with van der Waals surface area (Å²) in [7, 11) is 1.60. The van der Waals surface area contributed by atoms with Gasteiger partial charge in [0.2, 0.25) is 0 Å². The second kappa shape index (κ2) is 6.73. The van der Waals surface area contributed by atoms with E-state index in [1.54, 1.807) is 18.4 Å². The third kappa shape index (κ3) is 4.38. The standard InChI is InChI=1S/C11H17NO3S/c1-8-9(2)16-11(12-8)6-10(13)7-15-5-4-14-3/h4-7H2,1-3H3. The van der Waals surface area contributed by atoms with Gasteiger partial charge in [-0.1, -0.05) is 0 Å². The molecule has 1 aromatic rings. The number of ketones is 1. The average molecular weight is 243 g/mol. The molecule has 0 amide bonds. The van der Waals surface area contributed by atoms with Crippen LogP contribution in [0.3, 0.4) is 0 Å². The monoisotopic (exact) mass is 243 g/mol. The van der Waals surface area contributed by atoms with Crippen LogP contribution in [0.25, 0.3) is 0 Å². The van der Waals surface area contributed by atoms with E-state index in [4.69, 9.17) is 9.47 Å². The van der Waals surface area contributed by atoms with Crippen LogP contribution in [0.2, 0.25) is 0 Å². The van der Waals surface area contributed by atoms with Gasteiger partial charge < -0.3 is 9.47 Å². The molecule has 0 bridgehead atoms. The highest BCUT2D eigenvalue weighted by molar-refractivity contribution is 7.11. The fourth-order valence-corrected chi connectivity index (χ4v) is 2.13. The molecular weight excluding hydrogens is 226 g/mol. The number of carbonyl (C=O) groups excluding carboxylic acids is 1. The van der Waals surface area contributed by atoms with E-state index in [9.17, 15) is 4.79 Å². The lowest BCUT2D eigenvalue weighted by Crippen LogP contribution is -2.13. The number of methoxy groups -OCH3 is 1. The topological polar surface area (TPSA) is 48.4 Å². The number of rotatable bonds is 7. The molecule has 1 rings (SSSR count). The van der Waals surface area contributed by atoms with Crippen LogP contribution in [-0.2, 0) is 20.7 Å². The first kappa shape index (κ1) is 13.3. The van der Waals surface area contributed by atoms with Gasteiger partial charge >= 0.3 is 0 Å². The van der Waals surface area contributed by atoms with Crippen LogP contribution in [-0.4, -0.2) is 37.7 Å². The Morgan fingerprint density at radius 1 is 1.38 bits per heavy atom. The van der Waals surface area contributed by atoms with Crippen LogP contribution in [0.15, 0.2) is 0 Å². The zero-order valence-corrected chi connectivity index (χ0v) is 10.7. The molecule has 0 fully saturated rings. The van der Waals surface area contributed by atoms with E-state index in [-0.39, 0.29) is 12.4 Å². The summed E-state index contributed by atoms with van der Waals surface area (Å²) >= 11 is 1.57. The molecule has 0 atom stereocenters. The predicted molar refractivity (Wildman–Crippen MR) is 63.0 cm³/mol. The first-order valence-electron chi connectivity index (χ1n) is 5.14. The number of hydrogen-bond acceptors (Lipinski definition) is 5. The Morgan fingerprint density at radius 3 is 2.69 bits per heavy atom. The number of ether oxygens (including phenoxy) is 2. The number of aromatic nitrogens is 1. The normalized spacial score (nSPS) is 10.7. The van der Waals surface area contributed by atoms with Gasteiger partial charge in [-0.05, 0) is 13.8 Å². The summed E-state index contributed by atoms with van der Waals surface area (Å²) in [5, 5.41) is 0.871. The number of nitrogens with zero attached hydrogens (tertiary/aromatic N) is 1. The molecule has 0 aromatic carbocycles. The van der Waals surface area contributed by atoms with Gasteiger partial charge in [-0.3, -0.25) is 4.79 Å². The Morgan fingerprint density at radius 2 is 2.12 bits per heavy atom. The van der Waals surface area contributed by atoms with Gasteiger partial charge in [-0.2, -0.15) is 0 Å². The summed E-state index contributed by atoms with van der Waals surface area (Å²) in [5.74, 6) is 0.0600. The number of carbonyl (C=O) groups is 1. The molecule has 0 unspecified atom stereocenters. The zero-order chi connectivity index (χ0) is 12.0. The van der Waals surface area contributed by atoms with Gasteiger partial charge in [0.05, 0.1) is 25.3 Å². The summed E-state index contributed by atoms with van der Waals surface area (Å²) in [4.78, 5) is 17.0. The second-order valence-corrected chi connectivity index (χ2v) is 4.80. The molecule has 1 heterocycles. The van der Waals surface area contributed by atoms with Crippen molar-refractivity contribution >= 4 is 17.1 Å². The summed E-state index contributed by atoms with van der Waals surface area (Å²) in [6, 6.07) is 0. The van der Waals surface area contributed by atoms with Gasteiger partial charge in [0, 0.05) is 12.0 Å². The van der Waals surface area contributed by atoms with E-state index in [0.717, 1.165) is 10.7 Å². The highest BCUT2D eigenvalue weighted by atomic mass is 32.1. The Labute approximate surface area is 99.6 Å². The van der Waals surface area contributed by atoms with Gasteiger partial charge in [0.25, 0.3) is 0 Å². The first-order chi connectivity index (χ1) is 7.63. The van der Waals surface area contributed by atoms with E-state index in [0.29, 0.717) is 19.6 Å². The molecule has 16 heavy (non-hydrogen) atoms. The predicted octanol–water partition coefficient (Wildman–Crippen LogP) is 1.53. The largest absolute Gasteiger partial charge is 0.382 e. The van der Waals surface area contributed by atoms with Crippen molar-refractivity contribution < 1.29 is 14.3 Å². The Kier molecular flexibility index (Phi) is 5.59. The molecule has 1 aromatic heterocycles. The average Bonchev–Trinajstić information content (AvgIpc) is 2.53. The molecule has 0 saturated heterocycles. The minimum Gasteiger partial charge on any atom is -0.382 e. The van der Waals surface area contributed by atoms with Crippen molar-refractivity contribution in [1.82, 2.24) is 4.98 Å². The van der Waals surface area contributed by atoms with E-state index in [1.165, 1.54) is 4.88 Å². The molecule has 0 aliphatic carbocycles. The Balaban J connectivity index is 2.28. The quantitative estimate of drug-likeness (QED) is 0.681. The maximum atomic E-state index is 11.5. The van der Waals surface area contributed by atoms with Crippen LogP contribution in [0.1, 0.15) is 15.6 Å². The van der Waals surface area contributed by atoms with Crippen molar-refractivity contribution in [2.75, 3.05) is 26.9 Å². The van der Waals surface area contributed by atoms with E-state index >= 15 is 0 Å². The van der Waals surface area contributed by atoms with Crippen LogP contribution < -0.4 is 0 Å². The van der Waals surface area contributed by atoms with Crippen molar-refractivity contribution in [2.45, 2.75) is 20.3 Å². The SMILES string of the molecule is COCCOCC(=O)Cc1nc(C)c(C)s1. The molecule has 0 aliphatic rings. The fourth-order valence-electron chi connectivity index (χ4n) is 1.16. The molecule has 0 aliphatic heterocycles. The maximum Gasteiger partial charge on any atom is 0.165 e. The van der Waals surface area contributed by atoms with Crippen molar-refractivity contribution in [3.05, 3.63) is 15.6 Å². The second-order valence-electron chi connectivity index (χ2n) is 3.51. The third-order valence-electron chi connectivity index (χ3n) is 2.12. The summed E-state index contributed by atoms with van der Waals surface area (Å²) < 4.78 is 9.96. The maximum absolute atomic E-state index is 11.5. The van der Waals surface area contributed by atoms with Crippen LogP contribution in [0.5, 0.6) is 0 Å². The van der Waals surface area contributed by atoms with E-state index in [1.807, 2.05) is 13.8 Å². The van der Waals surface area contributed by atoms with E-state index < -0.39 is 0 Å². The highest BCUT2D eigenvalue weighted by Crippen LogP contribution is 2.16. The van der Waals surface area contributed by atoms with Gasteiger partial charge in [0.15, 0.2) is 5.78 Å². The molecule has 0 radical (unpaired) electrons. The highest BCUT2D eigenvalue weighted by Gasteiger charge is 2.09. The Hall–Kier alpha value is -0.780. The first-order valence-corrected chi connectivity index (χ1v) is 5.96. The minimum absolute atomic E-state index is 0.0600. The van der Waals surface area contributed by atoms with Crippen LogP contribution >= 0.6 is 11.3 Å². The van der Waals surface area contributed by atoms with Crippen molar-refractivity contribution in [3.8, 4) is 0 Å². The summed E-state index contributed by atoms with van der Waals surface area (Å²) in [5.41, 5.74) is 1.01. The lowest BCUT2D eigenvalue weighted by molar-refractivity contribution is -0.123. The number of Topliss-reactive ketones (excluding diaryl/α,β-unsaturated/α-hetero) is 1. The van der Waals surface area contributed by atoms with Gasteiger partial charge in [-0.15, -0.1) is 11.3 Å². The van der Waals surface area contributed by atoms with Crippen LogP contribution in [0.4, 0.5) is 0 Å². The molecule has 0 N–H and O–H groups in total. The number of hydrogen-bond donors (Lipinski definition) is 0. The molecule has 0 spiro atoms. The van der Waals surface area contributed by atoms with Gasteiger partial charge in [-0.25, -0.2) is 4.98 Å². The molecule has 5 heteroatoms. The number of aryl methyl sites for hydroxylation is 2. The summed E-state index contributed by atoms with van der Waals surface area (Å²) in [6.07, 6.45) is 0.367. The minimum atomic E-state index is 0.0600. The van der Waals surface area contributed by atoms with Crippen molar-refractivity contribution in [2.24, 2.45) is 0 Å². The van der Waals surface area contributed by atoms with Crippen molar-refractivity contribution in [1.29, 1.82) is 0 Å². The molecular formula is C11H17NO3S. The number of thiazole rings is 1. The van der Waals surface area contributed by atoms with Crippen molar-refractivity contribution in [3.63, 3.8) is 0 Å².